The van der Waals surface area contributed by atoms with Crippen LogP contribution < -0.4 is 5.32 Å². The molecule has 0 amide bonds. The smallest absolute Gasteiger partial charge is 0.123 e. The van der Waals surface area contributed by atoms with Crippen molar-refractivity contribution in [3.05, 3.63) is 88.6 Å². The Morgan fingerprint density at radius 3 is 2.73 bits per heavy atom. The van der Waals surface area contributed by atoms with E-state index in [4.69, 9.17) is 5.10 Å². The molecule has 1 atom stereocenters. The van der Waals surface area contributed by atoms with Crippen molar-refractivity contribution in [2.45, 2.75) is 45.7 Å². The molecule has 1 N–H and O–H groups in total. The predicted molar refractivity (Wildman–Crippen MR) is 117 cm³/mol. The normalized spacial score (nSPS) is 16.0. The van der Waals surface area contributed by atoms with Gasteiger partial charge in [0.2, 0.25) is 0 Å². The Morgan fingerprint density at radius 1 is 1.07 bits per heavy atom. The highest BCUT2D eigenvalue weighted by molar-refractivity contribution is 5.78. The van der Waals surface area contributed by atoms with Crippen LogP contribution in [0.25, 0.3) is 16.6 Å². The molecule has 0 saturated heterocycles. The lowest BCUT2D eigenvalue weighted by molar-refractivity contribution is 0.452. The molecular formula is C25H25FN4. The summed E-state index contributed by atoms with van der Waals surface area (Å²) in [5.74, 6) is -0.231. The first-order valence-electron chi connectivity index (χ1n) is 10.5. The second-order valence-electron chi connectivity index (χ2n) is 8.27. The van der Waals surface area contributed by atoms with Crippen molar-refractivity contribution in [1.82, 2.24) is 20.1 Å². The molecule has 0 radical (unpaired) electrons. The van der Waals surface area contributed by atoms with Gasteiger partial charge in [-0.2, -0.15) is 5.10 Å². The average molecular weight is 401 g/mol. The van der Waals surface area contributed by atoms with Gasteiger partial charge >= 0.3 is 0 Å². The van der Waals surface area contributed by atoms with Gasteiger partial charge in [0, 0.05) is 29.2 Å². The van der Waals surface area contributed by atoms with E-state index in [1.165, 1.54) is 34.5 Å². The highest BCUT2D eigenvalue weighted by Gasteiger charge is 2.24. The number of halogens is 1. The Bertz CT molecular complexity index is 1210. The highest BCUT2D eigenvalue weighted by Crippen LogP contribution is 2.31. The van der Waals surface area contributed by atoms with Gasteiger partial charge in [0.1, 0.15) is 5.82 Å². The van der Waals surface area contributed by atoms with Gasteiger partial charge in [-0.15, -0.1) is 0 Å². The molecule has 0 aliphatic heterocycles. The molecule has 4 aromatic rings. The molecule has 1 aliphatic carbocycles. The minimum atomic E-state index is -0.231. The Kier molecular flexibility index (Phi) is 4.83. The molecule has 2 aromatic heterocycles. The van der Waals surface area contributed by atoms with Crippen LogP contribution in [0.1, 0.15) is 47.0 Å². The maximum absolute atomic E-state index is 13.4. The molecule has 30 heavy (non-hydrogen) atoms. The quantitative estimate of drug-likeness (QED) is 0.503. The number of pyridine rings is 1. The number of nitrogens with one attached hydrogen (secondary N) is 1. The van der Waals surface area contributed by atoms with Crippen LogP contribution in [0.3, 0.4) is 0 Å². The van der Waals surface area contributed by atoms with E-state index in [9.17, 15) is 4.39 Å². The van der Waals surface area contributed by atoms with Crippen LogP contribution in [0, 0.1) is 19.7 Å². The second-order valence-corrected chi connectivity index (χ2v) is 8.27. The first-order valence-corrected chi connectivity index (χ1v) is 10.5. The summed E-state index contributed by atoms with van der Waals surface area (Å²) in [7, 11) is 0. The fourth-order valence-corrected chi connectivity index (χ4v) is 4.53. The molecule has 5 heteroatoms. The first kappa shape index (κ1) is 18.9. The summed E-state index contributed by atoms with van der Waals surface area (Å²) in [6.45, 7) is 4.93. The number of rotatable bonds is 4. The lowest BCUT2D eigenvalue weighted by Crippen LogP contribution is -2.25. The van der Waals surface area contributed by atoms with Crippen molar-refractivity contribution >= 4 is 10.9 Å². The zero-order valence-electron chi connectivity index (χ0n) is 17.3. The largest absolute Gasteiger partial charge is 0.304 e. The number of fused-ring (bicyclic) bond motifs is 2. The van der Waals surface area contributed by atoms with Crippen LogP contribution in [0.5, 0.6) is 0 Å². The third-order valence-electron chi connectivity index (χ3n) is 5.87. The van der Waals surface area contributed by atoms with Crippen molar-refractivity contribution in [2.75, 3.05) is 0 Å². The molecule has 1 aliphatic rings. The number of aromatic nitrogens is 3. The molecule has 152 valence electrons. The van der Waals surface area contributed by atoms with Crippen LogP contribution >= 0.6 is 0 Å². The molecule has 2 heterocycles. The Labute approximate surface area is 175 Å². The van der Waals surface area contributed by atoms with Gasteiger partial charge in [-0.05, 0) is 80.6 Å². The molecule has 0 fully saturated rings. The van der Waals surface area contributed by atoms with E-state index in [-0.39, 0.29) is 11.9 Å². The summed E-state index contributed by atoms with van der Waals surface area (Å²) in [5.41, 5.74) is 8.00. The standard InChI is InChI=1S/C25H25FN4/c1-16-10-17(2)12-21(11-16)30-25-5-3-4-24(22(25)15-28-30)27-14-20-8-6-18-13-19(26)7-9-23(18)29-20/h6-13,15,24,27H,3-5,14H2,1-2H3. The van der Waals surface area contributed by atoms with Gasteiger partial charge < -0.3 is 5.32 Å². The molecule has 4 nitrogen and oxygen atoms in total. The fraction of sp³-hybridized carbons (Fsp3) is 0.280. The summed E-state index contributed by atoms with van der Waals surface area (Å²) >= 11 is 0. The molecule has 0 spiro atoms. The zero-order valence-corrected chi connectivity index (χ0v) is 17.3. The Hall–Kier alpha value is -3.05. The minimum Gasteiger partial charge on any atom is -0.304 e. The van der Waals surface area contributed by atoms with Crippen LogP contribution in [0.2, 0.25) is 0 Å². The summed E-state index contributed by atoms with van der Waals surface area (Å²) in [6, 6.07) is 15.5. The Morgan fingerprint density at radius 2 is 1.90 bits per heavy atom. The Balaban J connectivity index is 1.38. The lowest BCUT2D eigenvalue weighted by atomic mass is 9.92. The molecular weight excluding hydrogens is 375 g/mol. The average Bonchev–Trinajstić information content (AvgIpc) is 3.16. The number of hydrogen-bond acceptors (Lipinski definition) is 3. The van der Waals surface area contributed by atoms with Crippen molar-refractivity contribution < 1.29 is 4.39 Å². The van der Waals surface area contributed by atoms with Gasteiger partial charge in [0.05, 0.1) is 23.1 Å². The SMILES string of the molecule is Cc1cc(C)cc(-n2ncc3c2CCCC3NCc2ccc3cc(F)ccc3n2)c1. The zero-order chi connectivity index (χ0) is 20.7. The van der Waals surface area contributed by atoms with E-state index in [1.54, 1.807) is 6.07 Å². The van der Waals surface area contributed by atoms with Crippen molar-refractivity contribution in [3.8, 4) is 5.69 Å². The lowest BCUT2D eigenvalue weighted by Gasteiger charge is -2.24. The summed E-state index contributed by atoms with van der Waals surface area (Å²) in [4.78, 5) is 4.68. The van der Waals surface area contributed by atoms with Gasteiger partial charge in [-0.1, -0.05) is 12.1 Å². The molecule has 2 aromatic carbocycles. The van der Waals surface area contributed by atoms with Gasteiger partial charge in [-0.3, -0.25) is 4.98 Å². The van der Waals surface area contributed by atoms with Crippen molar-refractivity contribution in [2.24, 2.45) is 0 Å². The number of aryl methyl sites for hydroxylation is 2. The highest BCUT2D eigenvalue weighted by atomic mass is 19.1. The minimum absolute atomic E-state index is 0.231. The monoisotopic (exact) mass is 400 g/mol. The van der Waals surface area contributed by atoms with Crippen LogP contribution in [0.4, 0.5) is 4.39 Å². The first-order chi connectivity index (χ1) is 14.6. The number of hydrogen-bond donors (Lipinski definition) is 1. The maximum atomic E-state index is 13.4. The van der Waals surface area contributed by atoms with Gasteiger partial charge in [0.15, 0.2) is 0 Å². The number of benzene rings is 2. The third-order valence-corrected chi connectivity index (χ3v) is 5.87. The topological polar surface area (TPSA) is 42.7 Å². The summed E-state index contributed by atoms with van der Waals surface area (Å²) < 4.78 is 15.5. The van der Waals surface area contributed by atoms with E-state index in [0.29, 0.717) is 6.54 Å². The predicted octanol–water partition coefficient (Wildman–Crippen LogP) is 5.34. The maximum Gasteiger partial charge on any atom is 0.123 e. The van der Waals surface area contributed by atoms with E-state index in [0.717, 1.165) is 41.5 Å². The van der Waals surface area contributed by atoms with Crippen LogP contribution in [-0.2, 0) is 13.0 Å². The van der Waals surface area contributed by atoms with E-state index < -0.39 is 0 Å². The second kappa shape index (κ2) is 7.65. The van der Waals surface area contributed by atoms with Crippen LogP contribution in [-0.4, -0.2) is 14.8 Å². The van der Waals surface area contributed by atoms with E-state index >= 15 is 0 Å². The summed E-state index contributed by atoms with van der Waals surface area (Å²) in [6.07, 6.45) is 5.27. The molecule has 0 bridgehead atoms. The van der Waals surface area contributed by atoms with Crippen LogP contribution in [0.15, 0.2) is 54.7 Å². The van der Waals surface area contributed by atoms with Crippen molar-refractivity contribution in [3.63, 3.8) is 0 Å². The third kappa shape index (κ3) is 3.61. The summed E-state index contributed by atoms with van der Waals surface area (Å²) in [5, 5.41) is 9.23. The van der Waals surface area contributed by atoms with E-state index in [1.807, 2.05) is 18.3 Å². The molecule has 5 rings (SSSR count). The van der Waals surface area contributed by atoms with Gasteiger partial charge in [-0.25, -0.2) is 9.07 Å². The fourth-order valence-electron chi connectivity index (χ4n) is 4.53. The molecule has 0 saturated carbocycles. The van der Waals surface area contributed by atoms with Gasteiger partial charge in [0.25, 0.3) is 0 Å². The number of nitrogens with zero attached hydrogens (tertiary/aromatic N) is 3. The van der Waals surface area contributed by atoms with Crippen molar-refractivity contribution in [1.29, 1.82) is 0 Å². The molecule has 1 unspecified atom stereocenters. The van der Waals surface area contributed by atoms with E-state index in [2.05, 4.69) is 47.0 Å².